The highest BCUT2D eigenvalue weighted by molar-refractivity contribution is 5.93. The van der Waals surface area contributed by atoms with Gasteiger partial charge in [-0.25, -0.2) is 0 Å². The lowest BCUT2D eigenvalue weighted by atomic mass is 10.0. The van der Waals surface area contributed by atoms with Gasteiger partial charge in [0, 0.05) is 25.3 Å². The van der Waals surface area contributed by atoms with Gasteiger partial charge < -0.3 is 19.4 Å². The lowest BCUT2D eigenvalue weighted by molar-refractivity contribution is 0.0140. The van der Waals surface area contributed by atoms with Gasteiger partial charge in [0.05, 0.1) is 25.4 Å². The lowest BCUT2D eigenvalue weighted by Gasteiger charge is -2.21. The van der Waals surface area contributed by atoms with Crippen molar-refractivity contribution in [2.75, 3.05) is 26.4 Å². The van der Waals surface area contributed by atoms with Gasteiger partial charge in [0.2, 0.25) is 0 Å². The predicted molar refractivity (Wildman–Crippen MR) is 72.4 cm³/mol. The molecule has 3 fully saturated rings. The Hall–Kier alpha value is -1.33. The summed E-state index contributed by atoms with van der Waals surface area (Å²) in [5.74, 6) is 1.16. The van der Waals surface area contributed by atoms with Gasteiger partial charge in [0.25, 0.3) is 5.91 Å². The quantitative estimate of drug-likeness (QED) is 0.901. The van der Waals surface area contributed by atoms with Gasteiger partial charge in [-0.05, 0) is 30.9 Å². The number of nitrogens with zero attached hydrogens (tertiary/aromatic N) is 1. The van der Waals surface area contributed by atoms with Crippen molar-refractivity contribution < 1.29 is 14.3 Å². The molecule has 108 valence electrons. The summed E-state index contributed by atoms with van der Waals surface area (Å²) in [6, 6.07) is 3.86. The second-order valence-electron chi connectivity index (χ2n) is 6.13. The summed E-state index contributed by atoms with van der Waals surface area (Å²) in [6.45, 7) is 2.90. The van der Waals surface area contributed by atoms with Crippen LogP contribution in [0.15, 0.2) is 18.3 Å². The number of carbonyl (C=O) groups is 1. The summed E-state index contributed by atoms with van der Waals surface area (Å²) in [4.78, 5) is 17.5. The summed E-state index contributed by atoms with van der Waals surface area (Å²) in [6.07, 6.45) is 4.51. The molecule has 1 aromatic heterocycles. The number of aromatic amines is 1. The van der Waals surface area contributed by atoms with Gasteiger partial charge in [-0.15, -0.1) is 0 Å². The minimum atomic E-state index is 0.0630. The molecule has 1 aromatic rings. The highest BCUT2D eigenvalue weighted by Gasteiger charge is 2.48. The molecule has 2 aliphatic heterocycles. The fourth-order valence-corrected chi connectivity index (χ4v) is 3.27. The molecule has 3 aliphatic rings. The number of hydrogen-bond acceptors (Lipinski definition) is 3. The van der Waals surface area contributed by atoms with E-state index in [1.54, 1.807) is 6.20 Å². The Morgan fingerprint density at radius 3 is 3.10 bits per heavy atom. The Morgan fingerprint density at radius 2 is 2.35 bits per heavy atom. The monoisotopic (exact) mass is 276 g/mol. The third kappa shape index (κ3) is 2.15. The van der Waals surface area contributed by atoms with Gasteiger partial charge in [-0.2, -0.15) is 0 Å². The van der Waals surface area contributed by atoms with Crippen molar-refractivity contribution in [1.82, 2.24) is 9.88 Å². The molecular weight excluding hydrogens is 256 g/mol. The summed E-state index contributed by atoms with van der Waals surface area (Å²) in [5, 5.41) is 0. The average molecular weight is 276 g/mol. The van der Waals surface area contributed by atoms with Crippen LogP contribution in [0.5, 0.6) is 0 Å². The summed E-state index contributed by atoms with van der Waals surface area (Å²) < 4.78 is 11.6. The molecule has 0 unspecified atom stereocenters. The number of H-pyrrole nitrogens is 1. The zero-order chi connectivity index (χ0) is 13.5. The van der Waals surface area contributed by atoms with Crippen LogP contribution >= 0.6 is 0 Å². The van der Waals surface area contributed by atoms with Gasteiger partial charge in [-0.3, -0.25) is 4.79 Å². The molecule has 1 N–H and O–H groups in total. The van der Waals surface area contributed by atoms with E-state index in [-0.39, 0.29) is 18.1 Å². The van der Waals surface area contributed by atoms with Crippen LogP contribution in [0.1, 0.15) is 23.3 Å². The zero-order valence-corrected chi connectivity index (χ0v) is 11.5. The van der Waals surface area contributed by atoms with Crippen molar-refractivity contribution in [3.63, 3.8) is 0 Å². The molecule has 0 spiro atoms. The first-order chi connectivity index (χ1) is 9.83. The van der Waals surface area contributed by atoms with Gasteiger partial charge in [-0.1, -0.05) is 0 Å². The maximum absolute atomic E-state index is 12.5. The van der Waals surface area contributed by atoms with Crippen LogP contribution in [0.4, 0.5) is 0 Å². The van der Waals surface area contributed by atoms with Crippen molar-refractivity contribution in [2.24, 2.45) is 11.8 Å². The number of nitrogens with one attached hydrogen (secondary N) is 1. The van der Waals surface area contributed by atoms with Crippen molar-refractivity contribution in [3.05, 3.63) is 24.0 Å². The summed E-state index contributed by atoms with van der Waals surface area (Å²) in [5.41, 5.74) is 0.651. The molecular formula is C15H20N2O3. The Balaban J connectivity index is 1.47. The number of amides is 1. The Bertz CT molecular complexity index is 483. The van der Waals surface area contributed by atoms with Crippen LogP contribution in [0.2, 0.25) is 0 Å². The molecule has 3 heterocycles. The van der Waals surface area contributed by atoms with Crippen LogP contribution in [0.3, 0.4) is 0 Å². The average Bonchev–Trinajstić information content (AvgIpc) is 2.90. The molecule has 1 saturated carbocycles. The van der Waals surface area contributed by atoms with Crippen LogP contribution in [0.25, 0.3) is 0 Å². The molecule has 0 bridgehead atoms. The van der Waals surface area contributed by atoms with Crippen molar-refractivity contribution in [3.8, 4) is 0 Å². The second-order valence-corrected chi connectivity index (χ2v) is 6.13. The minimum Gasteiger partial charge on any atom is -0.379 e. The van der Waals surface area contributed by atoms with E-state index in [2.05, 4.69) is 4.98 Å². The Labute approximate surface area is 118 Å². The van der Waals surface area contributed by atoms with Crippen LogP contribution < -0.4 is 0 Å². The van der Waals surface area contributed by atoms with E-state index >= 15 is 0 Å². The first-order valence-electron chi connectivity index (χ1n) is 7.46. The van der Waals surface area contributed by atoms with Crippen molar-refractivity contribution >= 4 is 5.91 Å². The summed E-state index contributed by atoms with van der Waals surface area (Å²) in [7, 11) is 0. The SMILES string of the molecule is O=C(c1ccc[nH]1)N1C[C@@H](OCC2CC2)[C@@H]2COC[C@@H]21. The van der Waals surface area contributed by atoms with E-state index in [0.29, 0.717) is 31.4 Å². The first-order valence-corrected chi connectivity index (χ1v) is 7.46. The van der Waals surface area contributed by atoms with E-state index in [9.17, 15) is 4.79 Å². The highest BCUT2D eigenvalue weighted by Crippen LogP contribution is 2.35. The number of carbonyl (C=O) groups excluding carboxylic acids is 1. The molecule has 0 radical (unpaired) electrons. The fraction of sp³-hybridized carbons (Fsp3) is 0.667. The van der Waals surface area contributed by atoms with Crippen LogP contribution in [0, 0.1) is 11.8 Å². The molecule has 1 amide bonds. The number of fused-ring (bicyclic) bond motifs is 1. The van der Waals surface area contributed by atoms with E-state index in [1.165, 1.54) is 12.8 Å². The Kier molecular flexibility index (Phi) is 3.04. The smallest absolute Gasteiger partial charge is 0.270 e. The van der Waals surface area contributed by atoms with Gasteiger partial charge in [0.1, 0.15) is 5.69 Å². The Morgan fingerprint density at radius 1 is 1.45 bits per heavy atom. The molecule has 0 aromatic carbocycles. The molecule has 2 saturated heterocycles. The number of hydrogen-bond donors (Lipinski definition) is 1. The maximum Gasteiger partial charge on any atom is 0.270 e. The predicted octanol–water partition coefficient (Wildman–Crippen LogP) is 1.28. The van der Waals surface area contributed by atoms with Crippen LogP contribution in [-0.2, 0) is 9.47 Å². The molecule has 4 rings (SSSR count). The molecule has 3 atom stereocenters. The van der Waals surface area contributed by atoms with Gasteiger partial charge in [0.15, 0.2) is 0 Å². The van der Waals surface area contributed by atoms with Crippen molar-refractivity contribution in [2.45, 2.75) is 25.0 Å². The molecule has 5 heteroatoms. The first kappa shape index (κ1) is 12.4. The lowest BCUT2D eigenvalue weighted by Crippen LogP contribution is -2.38. The van der Waals surface area contributed by atoms with Crippen LogP contribution in [-0.4, -0.2) is 54.3 Å². The van der Waals surface area contributed by atoms with E-state index < -0.39 is 0 Å². The van der Waals surface area contributed by atoms with E-state index in [0.717, 1.165) is 12.5 Å². The van der Waals surface area contributed by atoms with E-state index in [4.69, 9.17) is 9.47 Å². The van der Waals surface area contributed by atoms with E-state index in [1.807, 2.05) is 17.0 Å². The molecule has 20 heavy (non-hydrogen) atoms. The zero-order valence-electron chi connectivity index (χ0n) is 11.5. The molecule has 1 aliphatic carbocycles. The standard InChI is InChI=1S/C15H20N2O3/c18-15(12-2-1-5-16-12)17-6-14(20-7-10-3-4-10)11-8-19-9-13(11)17/h1-2,5,10-11,13-14,16H,3-4,6-9H2/t11-,13+,14-/m1/s1. The number of likely N-dealkylation sites (tertiary alicyclic amines) is 1. The third-order valence-corrected chi connectivity index (χ3v) is 4.68. The summed E-state index contributed by atoms with van der Waals surface area (Å²) >= 11 is 0. The maximum atomic E-state index is 12.5. The number of aromatic nitrogens is 1. The second kappa shape index (κ2) is 4.90. The van der Waals surface area contributed by atoms with Crippen molar-refractivity contribution in [1.29, 1.82) is 0 Å². The number of rotatable bonds is 4. The molecule has 5 nitrogen and oxygen atoms in total. The fourth-order valence-electron chi connectivity index (χ4n) is 3.27. The largest absolute Gasteiger partial charge is 0.379 e. The minimum absolute atomic E-state index is 0.0630. The topological polar surface area (TPSA) is 54.6 Å². The normalized spacial score (nSPS) is 32.6. The highest BCUT2D eigenvalue weighted by atomic mass is 16.5. The third-order valence-electron chi connectivity index (χ3n) is 4.68. The number of ether oxygens (including phenoxy) is 2. The van der Waals surface area contributed by atoms with Gasteiger partial charge >= 0.3 is 0 Å².